The number of carbonyl (C=O) groups is 1. The summed E-state index contributed by atoms with van der Waals surface area (Å²) in [5.74, 6) is 0.371. The van der Waals surface area contributed by atoms with Crippen LogP contribution < -0.4 is 15.8 Å². The average Bonchev–Trinajstić information content (AvgIpc) is 3.15. The van der Waals surface area contributed by atoms with Gasteiger partial charge in [0.25, 0.3) is 5.91 Å². The number of thiazole rings is 2. The highest BCUT2D eigenvalue weighted by molar-refractivity contribution is 7.15. The highest BCUT2D eigenvalue weighted by Crippen LogP contribution is 2.29. The first-order valence-corrected chi connectivity index (χ1v) is 8.47. The first-order valence-electron chi connectivity index (χ1n) is 6.77. The molecular weight excluding hydrogens is 332 g/mol. The summed E-state index contributed by atoms with van der Waals surface area (Å²) in [4.78, 5) is 21.1. The number of carbonyl (C=O) groups excluding carboxylic acids is 1. The Bertz CT molecular complexity index is 798. The lowest BCUT2D eigenvalue weighted by Gasteiger charge is -2.06. The average molecular weight is 346 g/mol. The van der Waals surface area contributed by atoms with E-state index in [-0.39, 0.29) is 12.5 Å². The Morgan fingerprint density at radius 3 is 2.74 bits per heavy atom. The zero-order chi connectivity index (χ0) is 16.2. The van der Waals surface area contributed by atoms with Crippen LogP contribution in [0.25, 0.3) is 11.3 Å². The summed E-state index contributed by atoms with van der Waals surface area (Å²) in [6.45, 7) is 1.92. The molecule has 8 heteroatoms. The van der Waals surface area contributed by atoms with Gasteiger partial charge in [-0.3, -0.25) is 10.1 Å². The number of nitrogens with zero attached hydrogens (tertiary/aromatic N) is 2. The second-order valence-corrected chi connectivity index (χ2v) is 6.78. The molecule has 0 unspecified atom stereocenters. The number of benzene rings is 1. The van der Waals surface area contributed by atoms with Crippen molar-refractivity contribution in [3.8, 4) is 17.0 Å². The molecule has 2 heterocycles. The van der Waals surface area contributed by atoms with Crippen LogP contribution in [-0.2, 0) is 4.79 Å². The van der Waals surface area contributed by atoms with Gasteiger partial charge >= 0.3 is 0 Å². The molecule has 0 bridgehead atoms. The number of rotatable bonds is 5. The first-order chi connectivity index (χ1) is 11.1. The van der Waals surface area contributed by atoms with Gasteiger partial charge in [-0.05, 0) is 31.2 Å². The molecule has 2 aromatic heterocycles. The van der Waals surface area contributed by atoms with Crippen LogP contribution in [0.1, 0.15) is 4.88 Å². The fourth-order valence-corrected chi connectivity index (χ4v) is 3.24. The van der Waals surface area contributed by atoms with Crippen molar-refractivity contribution in [3.63, 3.8) is 0 Å². The van der Waals surface area contributed by atoms with Gasteiger partial charge in [0.1, 0.15) is 5.75 Å². The van der Waals surface area contributed by atoms with Crippen molar-refractivity contribution in [3.05, 3.63) is 40.7 Å². The number of hydrogen-bond acceptors (Lipinski definition) is 7. The molecule has 0 atom stereocenters. The zero-order valence-electron chi connectivity index (χ0n) is 12.3. The van der Waals surface area contributed by atoms with E-state index in [2.05, 4.69) is 15.3 Å². The normalized spacial score (nSPS) is 10.5. The van der Waals surface area contributed by atoms with Gasteiger partial charge in [0.2, 0.25) is 0 Å². The Labute approximate surface area is 141 Å². The van der Waals surface area contributed by atoms with Crippen LogP contribution in [0.15, 0.2) is 35.8 Å². The maximum Gasteiger partial charge on any atom is 0.264 e. The number of nitrogens with one attached hydrogen (secondary N) is 1. The fraction of sp³-hybridized carbons (Fsp3) is 0.133. The predicted octanol–water partition coefficient (Wildman–Crippen LogP) is 3.17. The third-order valence-electron chi connectivity index (χ3n) is 2.99. The molecule has 0 spiro atoms. The highest BCUT2D eigenvalue weighted by Gasteiger charge is 2.09. The van der Waals surface area contributed by atoms with Crippen LogP contribution in [0, 0.1) is 6.92 Å². The number of anilines is 2. The number of aryl methyl sites for hydroxylation is 1. The van der Waals surface area contributed by atoms with Gasteiger partial charge < -0.3 is 10.5 Å². The Kier molecular flexibility index (Phi) is 4.54. The molecule has 0 aliphatic heterocycles. The second kappa shape index (κ2) is 6.76. The van der Waals surface area contributed by atoms with E-state index < -0.39 is 0 Å². The summed E-state index contributed by atoms with van der Waals surface area (Å²) in [5.41, 5.74) is 7.56. The summed E-state index contributed by atoms with van der Waals surface area (Å²) in [7, 11) is 0. The lowest BCUT2D eigenvalue weighted by molar-refractivity contribution is -0.118. The molecule has 6 nitrogen and oxygen atoms in total. The number of aromatic nitrogens is 2. The van der Waals surface area contributed by atoms with Gasteiger partial charge in [0.15, 0.2) is 16.9 Å². The van der Waals surface area contributed by atoms with Crippen molar-refractivity contribution >= 4 is 38.8 Å². The third kappa shape index (κ3) is 3.85. The van der Waals surface area contributed by atoms with Gasteiger partial charge in [0.05, 0.1) is 5.69 Å². The van der Waals surface area contributed by atoms with Crippen molar-refractivity contribution in [1.29, 1.82) is 0 Å². The van der Waals surface area contributed by atoms with E-state index in [1.54, 1.807) is 23.7 Å². The highest BCUT2D eigenvalue weighted by atomic mass is 32.1. The number of hydrogen-bond donors (Lipinski definition) is 2. The Balaban J connectivity index is 1.59. The molecule has 0 radical (unpaired) electrons. The van der Waals surface area contributed by atoms with Gasteiger partial charge in [0, 0.05) is 22.0 Å². The summed E-state index contributed by atoms with van der Waals surface area (Å²) in [6.07, 6.45) is 1.63. The largest absolute Gasteiger partial charge is 0.484 e. The number of nitrogen functional groups attached to an aromatic ring is 1. The van der Waals surface area contributed by atoms with E-state index in [1.807, 2.05) is 19.1 Å². The predicted molar refractivity (Wildman–Crippen MR) is 92.9 cm³/mol. The molecule has 0 saturated carbocycles. The summed E-state index contributed by atoms with van der Waals surface area (Å²) < 4.78 is 5.47. The van der Waals surface area contributed by atoms with E-state index >= 15 is 0 Å². The second-order valence-electron chi connectivity index (χ2n) is 4.66. The van der Waals surface area contributed by atoms with E-state index in [0.29, 0.717) is 16.0 Å². The Morgan fingerprint density at radius 2 is 2.13 bits per heavy atom. The molecule has 118 valence electrons. The van der Waals surface area contributed by atoms with Crippen LogP contribution >= 0.6 is 22.7 Å². The molecule has 1 amide bonds. The van der Waals surface area contributed by atoms with Crippen LogP contribution in [0.3, 0.4) is 0 Å². The van der Waals surface area contributed by atoms with E-state index in [9.17, 15) is 4.79 Å². The molecular formula is C15H14N4O2S2. The first kappa shape index (κ1) is 15.4. The molecule has 3 rings (SSSR count). The lowest BCUT2D eigenvalue weighted by atomic mass is 10.1. The molecule has 3 aromatic rings. The molecule has 3 N–H and O–H groups in total. The molecule has 0 aliphatic rings. The van der Waals surface area contributed by atoms with Crippen molar-refractivity contribution in [1.82, 2.24) is 9.97 Å². The van der Waals surface area contributed by atoms with E-state index in [4.69, 9.17) is 10.5 Å². The van der Waals surface area contributed by atoms with Crippen LogP contribution in [0.5, 0.6) is 5.75 Å². The van der Waals surface area contributed by atoms with Crippen molar-refractivity contribution in [2.45, 2.75) is 6.92 Å². The monoisotopic (exact) mass is 346 g/mol. The van der Waals surface area contributed by atoms with Crippen LogP contribution in [0.4, 0.5) is 10.3 Å². The summed E-state index contributed by atoms with van der Waals surface area (Å²) >= 11 is 2.82. The lowest BCUT2D eigenvalue weighted by Crippen LogP contribution is -2.19. The standard InChI is InChI=1S/C15H14N4O2S2/c1-9-13(19-14(16)23-9)10-2-4-11(5-3-10)21-8-12(20)18-15-17-6-7-22-15/h2-7H,8H2,1H3,(H2,16,19)(H,17,18,20). The maximum atomic E-state index is 11.7. The van der Waals surface area contributed by atoms with Crippen molar-refractivity contribution < 1.29 is 9.53 Å². The van der Waals surface area contributed by atoms with E-state index in [0.717, 1.165) is 16.1 Å². The minimum atomic E-state index is -0.243. The molecule has 0 fully saturated rings. The maximum absolute atomic E-state index is 11.7. The number of amides is 1. The van der Waals surface area contributed by atoms with Gasteiger partial charge in [-0.1, -0.05) is 0 Å². The summed E-state index contributed by atoms with van der Waals surface area (Å²) in [5, 5.41) is 5.57. The van der Waals surface area contributed by atoms with Crippen molar-refractivity contribution in [2.75, 3.05) is 17.7 Å². The van der Waals surface area contributed by atoms with E-state index in [1.165, 1.54) is 22.7 Å². The number of ether oxygens (including phenoxy) is 1. The smallest absolute Gasteiger partial charge is 0.264 e. The minimum absolute atomic E-state index is 0.0679. The fourth-order valence-electron chi connectivity index (χ4n) is 1.98. The van der Waals surface area contributed by atoms with Gasteiger partial charge in [-0.15, -0.1) is 22.7 Å². The van der Waals surface area contributed by atoms with Gasteiger partial charge in [-0.25, -0.2) is 9.97 Å². The molecule has 0 aliphatic carbocycles. The van der Waals surface area contributed by atoms with Crippen LogP contribution in [-0.4, -0.2) is 22.5 Å². The Morgan fingerprint density at radius 1 is 1.35 bits per heavy atom. The summed E-state index contributed by atoms with van der Waals surface area (Å²) in [6, 6.07) is 7.41. The third-order valence-corrected chi connectivity index (χ3v) is 4.48. The Hall–Kier alpha value is -2.45. The molecule has 0 saturated heterocycles. The molecule has 1 aromatic carbocycles. The van der Waals surface area contributed by atoms with Crippen LogP contribution in [0.2, 0.25) is 0 Å². The van der Waals surface area contributed by atoms with Gasteiger partial charge in [-0.2, -0.15) is 0 Å². The minimum Gasteiger partial charge on any atom is -0.484 e. The topological polar surface area (TPSA) is 90.1 Å². The zero-order valence-corrected chi connectivity index (χ0v) is 13.9. The van der Waals surface area contributed by atoms with Crippen molar-refractivity contribution in [2.24, 2.45) is 0 Å². The SMILES string of the molecule is Cc1sc(N)nc1-c1ccc(OCC(=O)Nc2nccs2)cc1. The molecule has 23 heavy (non-hydrogen) atoms. The quantitative estimate of drug-likeness (QED) is 0.740. The number of nitrogens with two attached hydrogens (primary N) is 1.